The van der Waals surface area contributed by atoms with E-state index >= 15 is 0 Å². The fourth-order valence-corrected chi connectivity index (χ4v) is 3.22. The van der Waals surface area contributed by atoms with E-state index in [1.54, 1.807) is 0 Å². The van der Waals surface area contributed by atoms with Crippen LogP contribution < -0.4 is 16.0 Å². The molecular formula is C20H37IN6O2. The number of guanidine groups is 1. The van der Waals surface area contributed by atoms with E-state index in [-0.39, 0.29) is 36.1 Å². The third-order valence-corrected chi connectivity index (χ3v) is 4.49. The number of amides is 1. The summed E-state index contributed by atoms with van der Waals surface area (Å²) >= 11 is 0. The average molecular weight is 520 g/mol. The third kappa shape index (κ3) is 10.2. The van der Waals surface area contributed by atoms with Crippen molar-refractivity contribution >= 4 is 36.0 Å². The van der Waals surface area contributed by atoms with Gasteiger partial charge in [-0.15, -0.1) is 24.0 Å². The molecule has 0 saturated heterocycles. The second-order valence-corrected chi connectivity index (χ2v) is 8.38. The van der Waals surface area contributed by atoms with Crippen LogP contribution in [0.15, 0.2) is 17.4 Å². The molecule has 1 aliphatic rings. The molecule has 0 spiro atoms. The fourth-order valence-electron chi connectivity index (χ4n) is 3.22. The number of aliphatic imine (C=N–C) groups is 1. The highest BCUT2D eigenvalue weighted by atomic mass is 127. The van der Waals surface area contributed by atoms with E-state index in [0.29, 0.717) is 12.6 Å². The molecule has 1 saturated carbocycles. The summed E-state index contributed by atoms with van der Waals surface area (Å²) in [5.41, 5.74) is 0.695. The van der Waals surface area contributed by atoms with E-state index in [4.69, 9.17) is 4.74 Å². The summed E-state index contributed by atoms with van der Waals surface area (Å²) in [5, 5.41) is 14.1. The van der Waals surface area contributed by atoms with Crippen LogP contribution in [0.25, 0.3) is 0 Å². The molecule has 3 N–H and O–H groups in total. The second kappa shape index (κ2) is 12.2. The van der Waals surface area contributed by atoms with Crippen LogP contribution in [0.1, 0.15) is 58.9 Å². The first kappa shape index (κ1) is 25.5. The summed E-state index contributed by atoms with van der Waals surface area (Å²) < 4.78 is 7.26. The first-order valence-corrected chi connectivity index (χ1v) is 10.3. The number of alkyl carbamates (subject to hydrolysis) is 1. The van der Waals surface area contributed by atoms with Crippen LogP contribution in [0.2, 0.25) is 0 Å². The maximum absolute atomic E-state index is 11.9. The molecule has 0 aliphatic heterocycles. The zero-order valence-corrected chi connectivity index (χ0v) is 20.7. The number of ether oxygens (including phenoxy) is 1. The molecule has 0 bridgehead atoms. The second-order valence-electron chi connectivity index (χ2n) is 8.38. The Morgan fingerprint density at radius 2 is 1.86 bits per heavy atom. The van der Waals surface area contributed by atoms with Crippen LogP contribution in [0.3, 0.4) is 0 Å². The summed E-state index contributed by atoms with van der Waals surface area (Å²) in [4.78, 5) is 16.6. The third-order valence-electron chi connectivity index (χ3n) is 4.49. The summed E-state index contributed by atoms with van der Waals surface area (Å²) in [6, 6.07) is 0.539. The molecule has 1 aliphatic carbocycles. The van der Waals surface area contributed by atoms with Gasteiger partial charge in [-0.1, -0.05) is 0 Å². The predicted octanol–water partition coefficient (Wildman–Crippen LogP) is 3.20. The van der Waals surface area contributed by atoms with Crippen LogP contribution in [0.4, 0.5) is 4.79 Å². The standard InChI is InChI=1S/C20H36N6O2.HI/c1-6-21-18(22-11-12-26-14-15(2)13-23-26)24-16-7-9-17(10-8-16)25-19(27)28-20(3,4)5;/h13-14,16-17H,6-12H2,1-5H3,(H,25,27)(H2,21,22,24);1H. The van der Waals surface area contributed by atoms with Crippen molar-refractivity contribution < 1.29 is 9.53 Å². The lowest BCUT2D eigenvalue weighted by Gasteiger charge is -2.31. The van der Waals surface area contributed by atoms with Crippen LogP contribution >= 0.6 is 24.0 Å². The molecule has 0 atom stereocenters. The molecule has 1 aromatic rings. The van der Waals surface area contributed by atoms with Gasteiger partial charge in [0.2, 0.25) is 0 Å². The zero-order chi connectivity index (χ0) is 20.6. The van der Waals surface area contributed by atoms with Gasteiger partial charge in [-0.25, -0.2) is 4.79 Å². The van der Waals surface area contributed by atoms with E-state index in [2.05, 4.69) is 33.0 Å². The van der Waals surface area contributed by atoms with Crippen LogP contribution in [0, 0.1) is 6.92 Å². The number of hydrogen-bond acceptors (Lipinski definition) is 4. The Hall–Kier alpha value is -1.52. The monoisotopic (exact) mass is 520 g/mol. The molecule has 0 radical (unpaired) electrons. The molecular weight excluding hydrogens is 483 g/mol. The van der Waals surface area contributed by atoms with Crippen LogP contribution in [-0.2, 0) is 11.3 Å². The average Bonchev–Trinajstić information content (AvgIpc) is 3.00. The van der Waals surface area contributed by atoms with Gasteiger partial charge < -0.3 is 20.7 Å². The van der Waals surface area contributed by atoms with Gasteiger partial charge in [-0.2, -0.15) is 5.10 Å². The maximum atomic E-state index is 11.9. The normalized spacial score (nSPS) is 19.8. The SMILES string of the molecule is CCNC(=NCCn1cc(C)cn1)NC1CCC(NC(=O)OC(C)(C)C)CC1.I. The number of rotatable bonds is 6. The number of carbonyl (C=O) groups is 1. The molecule has 0 aromatic carbocycles. The quantitative estimate of drug-likeness (QED) is 0.305. The molecule has 1 heterocycles. The minimum Gasteiger partial charge on any atom is -0.444 e. The van der Waals surface area contributed by atoms with Crippen molar-refractivity contribution in [2.75, 3.05) is 13.1 Å². The van der Waals surface area contributed by atoms with Crippen LogP contribution in [0.5, 0.6) is 0 Å². The van der Waals surface area contributed by atoms with E-state index in [1.165, 1.54) is 0 Å². The number of hydrogen-bond donors (Lipinski definition) is 3. The van der Waals surface area contributed by atoms with Gasteiger partial charge in [0.15, 0.2) is 5.96 Å². The largest absolute Gasteiger partial charge is 0.444 e. The molecule has 8 nitrogen and oxygen atoms in total. The number of nitrogens with zero attached hydrogens (tertiary/aromatic N) is 3. The first-order chi connectivity index (χ1) is 13.2. The van der Waals surface area contributed by atoms with Crippen molar-refractivity contribution in [2.45, 2.75) is 84.5 Å². The number of carbonyl (C=O) groups excluding carboxylic acids is 1. The predicted molar refractivity (Wildman–Crippen MR) is 127 cm³/mol. The fraction of sp³-hybridized carbons (Fsp3) is 0.750. The minimum atomic E-state index is -0.463. The Labute approximate surface area is 191 Å². The Morgan fingerprint density at radius 1 is 1.24 bits per heavy atom. The van der Waals surface area contributed by atoms with Crippen LogP contribution in [-0.4, -0.2) is 52.6 Å². The Bertz CT molecular complexity index is 648. The highest BCUT2D eigenvalue weighted by Crippen LogP contribution is 2.19. The van der Waals surface area contributed by atoms with Gasteiger partial charge in [0.1, 0.15) is 5.60 Å². The summed E-state index contributed by atoms with van der Waals surface area (Å²) in [5.74, 6) is 0.843. The summed E-state index contributed by atoms with van der Waals surface area (Å²) in [6.45, 7) is 12.0. The minimum absolute atomic E-state index is 0. The summed E-state index contributed by atoms with van der Waals surface area (Å²) in [7, 11) is 0. The lowest BCUT2D eigenvalue weighted by Crippen LogP contribution is -2.48. The van der Waals surface area contributed by atoms with E-state index < -0.39 is 5.60 Å². The molecule has 166 valence electrons. The molecule has 1 aromatic heterocycles. The number of aryl methyl sites for hydroxylation is 1. The van der Waals surface area contributed by atoms with Crippen molar-refractivity contribution in [1.82, 2.24) is 25.7 Å². The van der Waals surface area contributed by atoms with Crippen molar-refractivity contribution in [3.8, 4) is 0 Å². The lowest BCUT2D eigenvalue weighted by molar-refractivity contribution is 0.0490. The molecule has 2 rings (SSSR count). The van der Waals surface area contributed by atoms with Gasteiger partial charge in [0.05, 0.1) is 19.3 Å². The van der Waals surface area contributed by atoms with E-state index in [1.807, 2.05) is 44.8 Å². The highest BCUT2D eigenvalue weighted by molar-refractivity contribution is 14.0. The number of halogens is 1. The summed E-state index contributed by atoms with van der Waals surface area (Å²) in [6.07, 6.45) is 7.40. The van der Waals surface area contributed by atoms with E-state index in [0.717, 1.165) is 50.3 Å². The molecule has 1 amide bonds. The van der Waals surface area contributed by atoms with Crippen molar-refractivity contribution in [1.29, 1.82) is 0 Å². The molecule has 29 heavy (non-hydrogen) atoms. The van der Waals surface area contributed by atoms with Gasteiger partial charge in [0, 0.05) is 24.8 Å². The molecule has 9 heteroatoms. The van der Waals surface area contributed by atoms with Crippen molar-refractivity contribution in [3.63, 3.8) is 0 Å². The Morgan fingerprint density at radius 3 is 2.38 bits per heavy atom. The maximum Gasteiger partial charge on any atom is 0.407 e. The number of aromatic nitrogens is 2. The first-order valence-electron chi connectivity index (χ1n) is 10.3. The smallest absolute Gasteiger partial charge is 0.407 e. The number of nitrogens with one attached hydrogen (secondary N) is 3. The Balaban J connectivity index is 0.00000420. The molecule has 1 fully saturated rings. The Kier molecular flexibility index (Phi) is 10.8. The lowest BCUT2D eigenvalue weighted by atomic mass is 9.91. The van der Waals surface area contributed by atoms with Crippen molar-refractivity contribution in [2.24, 2.45) is 4.99 Å². The highest BCUT2D eigenvalue weighted by Gasteiger charge is 2.25. The topological polar surface area (TPSA) is 92.6 Å². The van der Waals surface area contributed by atoms with Crippen molar-refractivity contribution in [3.05, 3.63) is 18.0 Å². The van der Waals surface area contributed by atoms with E-state index in [9.17, 15) is 4.79 Å². The molecule has 0 unspecified atom stereocenters. The van der Waals surface area contributed by atoms with Gasteiger partial charge >= 0.3 is 6.09 Å². The zero-order valence-electron chi connectivity index (χ0n) is 18.3. The van der Waals surface area contributed by atoms with Gasteiger partial charge in [0.25, 0.3) is 0 Å². The van der Waals surface area contributed by atoms with Gasteiger partial charge in [-0.05, 0) is 65.9 Å². The van der Waals surface area contributed by atoms with Gasteiger partial charge in [-0.3, -0.25) is 9.67 Å².